The lowest BCUT2D eigenvalue weighted by Crippen LogP contribution is -2.22. The van der Waals surface area contributed by atoms with E-state index in [9.17, 15) is 31.1 Å². The first-order chi connectivity index (χ1) is 9.44. The highest BCUT2D eigenvalue weighted by atomic mass is 79.9. The number of carbonyl (C=O) groups is 1. The molecular weight excluding hydrogens is 376 g/mol. The Balaban J connectivity index is 3.48. The fourth-order valence-electron chi connectivity index (χ4n) is 1.48. The fourth-order valence-corrected chi connectivity index (χ4v) is 1.88. The molecule has 21 heavy (non-hydrogen) atoms. The van der Waals surface area contributed by atoms with Gasteiger partial charge in [-0.3, -0.25) is 9.78 Å². The smallest absolute Gasteiger partial charge is 0.481 e. The molecule has 11 heteroatoms. The molecule has 0 amide bonds. The van der Waals surface area contributed by atoms with Crippen LogP contribution in [-0.4, -0.2) is 22.4 Å². The molecule has 0 saturated carbocycles. The van der Waals surface area contributed by atoms with Crippen molar-refractivity contribution < 1.29 is 41.0 Å². The minimum Gasteiger partial charge on any atom is -0.481 e. The summed E-state index contributed by atoms with van der Waals surface area (Å²) >= 11 is 2.67. The lowest BCUT2D eigenvalue weighted by atomic mass is 10.1. The average molecular weight is 382 g/mol. The van der Waals surface area contributed by atoms with Gasteiger partial charge in [0.25, 0.3) is 0 Å². The van der Waals surface area contributed by atoms with Gasteiger partial charge in [-0.05, 0) is 0 Å². The van der Waals surface area contributed by atoms with Gasteiger partial charge in [-0.1, -0.05) is 15.9 Å². The summed E-state index contributed by atoms with van der Waals surface area (Å²) in [6.45, 7) is 0. The third-order valence-electron chi connectivity index (χ3n) is 2.08. The Labute approximate surface area is 121 Å². The Morgan fingerprint density at radius 3 is 2.24 bits per heavy atom. The molecule has 0 bridgehead atoms. The first-order valence-corrected chi connectivity index (χ1v) is 6.19. The predicted octanol–water partition coefficient (Wildman–Crippen LogP) is 3.52. The summed E-state index contributed by atoms with van der Waals surface area (Å²) in [5, 5.41) is 8.02. The molecule has 1 N–H and O–H groups in total. The summed E-state index contributed by atoms with van der Waals surface area (Å²) in [6, 6.07) is 0.316. The molecule has 1 aromatic heterocycles. The lowest BCUT2D eigenvalue weighted by Gasteiger charge is -2.18. The zero-order chi connectivity index (χ0) is 16.4. The first-order valence-electron chi connectivity index (χ1n) is 5.07. The molecule has 0 atom stereocenters. The fraction of sp³-hybridized carbons (Fsp3) is 0.400. The molecular formula is C10H6BrF6NO3. The Bertz CT molecular complexity index is 543. The molecule has 118 valence electrons. The second-order valence-electron chi connectivity index (χ2n) is 3.68. The molecule has 1 heterocycles. The van der Waals surface area contributed by atoms with E-state index >= 15 is 0 Å². The van der Waals surface area contributed by atoms with E-state index in [0.29, 0.717) is 6.07 Å². The Morgan fingerprint density at radius 2 is 1.86 bits per heavy atom. The second-order valence-corrected chi connectivity index (χ2v) is 4.24. The van der Waals surface area contributed by atoms with E-state index in [1.54, 1.807) is 0 Å². The van der Waals surface area contributed by atoms with Crippen LogP contribution >= 0.6 is 15.9 Å². The SMILES string of the molecule is O=C(O)Cc1cc(OC(F)(F)F)c(C(F)(F)F)c(CBr)n1. The monoisotopic (exact) mass is 381 g/mol. The quantitative estimate of drug-likeness (QED) is 0.640. The van der Waals surface area contributed by atoms with Gasteiger partial charge >= 0.3 is 18.5 Å². The van der Waals surface area contributed by atoms with Crippen molar-refractivity contribution in [1.29, 1.82) is 0 Å². The Hall–Kier alpha value is -1.52. The number of aliphatic carboxylic acids is 1. The van der Waals surface area contributed by atoms with Gasteiger partial charge in [0.2, 0.25) is 0 Å². The molecule has 0 spiro atoms. The summed E-state index contributed by atoms with van der Waals surface area (Å²) < 4.78 is 78.5. The topological polar surface area (TPSA) is 59.4 Å². The summed E-state index contributed by atoms with van der Waals surface area (Å²) in [5.74, 6) is -2.99. The van der Waals surface area contributed by atoms with E-state index in [2.05, 4.69) is 25.7 Å². The number of alkyl halides is 7. The van der Waals surface area contributed by atoms with Crippen LogP contribution in [0.2, 0.25) is 0 Å². The molecule has 0 saturated heterocycles. The Kier molecular flexibility index (Phi) is 5.07. The van der Waals surface area contributed by atoms with Crippen LogP contribution in [0.5, 0.6) is 5.75 Å². The maximum Gasteiger partial charge on any atom is 0.573 e. The van der Waals surface area contributed by atoms with Crippen molar-refractivity contribution in [2.45, 2.75) is 24.3 Å². The van der Waals surface area contributed by atoms with Gasteiger partial charge in [0, 0.05) is 11.4 Å². The molecule has 4 nitrogen and oxygen atoms in total. The van der Waals surface area contributed by atoms with E-state index in [0.717, 1.165) is 0 Å². The largest absolute Gasteiger partial charge is 0.573 e. The highest BCUT2D eigenvalue weighted by Crippen LogP contribution is 2.41. The zero-order valence-electron chi connectivity index (χ0n) is 9.85. The number of hydrogen-bond donors (Lipinski definition) is 1. The molecule has 0 radical (unpaired) electrons. The van der Waals surface area contributed by atoms with Gasteiger partial charge in [0.05, 0.1) is 17.8 Å². The minimum atomic E-state index is -5.36. The molecule has 0 aliphatic heterocycles. The summed E-state index contributed by atoms with van der Waals surface area (Å²) in [4.78, 5) is 13.9. The third kappa shape index (κ3) is 5.06. The minimum absolute atomic E-state index is 0.316. The zero-order valence-corrected chi connectivity index (χ0v) is 11.4. The van der Waals surface area contributed by atoms with Crippen molar-refractivity contribution in [1.82, 2.24) is 4.98 Å². The van der Waals surface area contributed by atoms with Gasteiger partial charge in [-0.15, -0.1) is 13.2 Å². The standard InChI is InChI=1S/C10H6BrF6NO3/c11-3-5-8(9(12,13)14)6(21-10(15,16)17)1-4(18-5)2-7(19)20/h1H,2-3H2,(H,19,20). The molecule has 0 fully saturated rings. The number of carboxylic acid groups (broad SMARTS) is 1. The van der Waals surface area contributed by atoms with Crippen molar-refractivity contribution in [2.24, 2.45) is 0 Å². The van der Waals surface area contributed by atoms with E-state index in [4.69, 9.17) is 5.11 Å². The number of ether oxygens (including phenoxy) is 1. The van der Waals surface area contributed by atoms with E-state index in [1.807, 2.05) is 0 Å². The normalized spacial score (nSPS) is 12.3. The summed E-state index contributed by atoms with van der Waals surface area (Å²) in [7, 11) is 0. The number of rotatable bonds is 4. The Morgan fingerprint density at radius 1 is 1.29 bits per heavy atom. The molecule has 1 rings (SSSR count). The van der Waals surface area contributed by atoms with Crippen molar-refractivity contribution in [3.05, 3.63) is 23.0 Å². The van der Waals surface area contributed by atoms with Gasteiger partial charge in [-0.25, -0.2) is 0 Å². The van der Waals surface area contributed by atoms with Crippen LogP contribution in [-0.2, 0) is 22.7 Å². The van der Waals surface area contributed by atoms with E-state index in [-0.39, 0.29) is 0 Å². The lowest BCUT2D eigenvalue weighted by molar-refractivity contribution is -0.276. The number of halogens is 7. The van der Waals surface area contributed by atoms with Crippen LogP contribution in [0.25, 0.3) is 0 Å². The predicted molar refractivity (Wildman–Crippen MR) is 59.9 cm³/mol. The van der Waals surface area contributed by atoms with Gasteiger partial charge in [0.1, 0.15) is 11.3 Å². The number of nitrogens with zero attached hydrogens (tertiary/aromatic N) is 1. The van der Waals surface area contributed by atoms with Crippen LogP contribution in [0.3, 0.4) is 0 Å². The van der Waals surface area contributed by atoms with Crippen LogP contribution in [0.4, 0.5) is 26.3 Å². The highest BCUT2D eigenvalue weighted by Gasteiger charge is 2.42. The van der Waals surface area contributed by atoms with Crippen LogP contribution in [0.15, 0.2) is 6.07 Å². The van der Waals surface area contributed by atoms with Gasteiger partial charge < -0.3 is 9.84 Å². The summed E-state index contributed by atoms with van der Waals surface area (Å²) in [6.07, 6.45) is -11.3. The van der Waals surface area contributed by atoms with E-state index < -0.39 is 53.0 Å². The molecule has 0 unspecified atom stereocenters. The number of aromatic nitrogens is 1. The molecule has 0 aliphatic rings. The molecule has 0 aromatic carbocycles. The molecule has 0 aliphatic carbocycles. The average Bonchev–Trinajstić information content (AvgIpc) is 2.22. The van der Waals surface area contributed by atoms with Gasteiger partial charge in [-0.2, -0.15) is 13.2 Å². The van der Waals surface area contributed by atoms with Gasteiger partial charge in [0.15, 0.2) is 0 Å². The second kappa shape index (κ2) is 6.08. The van der Waals surface area contributed by atoms with Crippen molar-refractivity contribution in [2.75, 3.05) is 0 Å². The van der Waals surface area contributed by atoms with Crippen LogP contribution in [0.1, 0.15) is 17.0 Å². The maximum atomic E-state index is 12.8. The third-order valence-corrected chi connectivity index (χ3v) is 2.61. The number of pyridine rings is 1. The molecule has 1 aromatic rings. The number of hydrogen-bond acceptors (Lipinski definition) is 3. The highest BCUT2D eigenvalue weighted by molar-refractivity contribution is 9.08. The van der Waals surface area contributed by atoms with Crippen molar-refractivity contribution in [3.63, 3.8) is 0 Å². The van der Waals surface area contributed by atoms with Crippen molar-refractivity contribution in [3.8, 4) is 5.75 Å². The van der Waals surface area contributed by atoms with Crippen LogP contribution < -0.4 is 4.74 Å². The number of carboxylic acids is 1. The van der Waals surface area contributed by atoms with Crippen molar-refractivity contribution >= 4 is 21.9 Å². The first kappa shape index (κ1) is 17.5. The van der Waals surface area contributed by atoms with E-state index in [1.165, 1.54) is 0 Å². The van der Waals surface area contributed by atoms with Crippen LogP contribution in [0, 0.1) is 0 Å². The summed E-state index contributed by atoms with van der Waals surface area (Å²) in [5.41, 5.74) is -2.98. The maximum absolute atomic E-state index is 12.8.